The summed E-state index contributed by atoms with van der Waals surface area (Å²) in [6.45, 7) is 2.92. The maximum Gasteiger partial charge on any atom is 0.0648 e. The van der Waals surface area contributed by atoms with Crippen LogP contribution < -0.4 is 5.32 Å². The van der Waals surface area contributed by atoms with Crippen molar-refractivity contribution in [1.29, 1.82) is 0 Å². The van der Waals surface area contributed by atoms with Crippen LogP contribution in [0.4, 0.5) is 5.69 Å². The molecule has 2 aromatic rings. The molecule has 2 aromatic carbocycles. The lowest BCUT2D eigenvalue weighted by Crippen LogP contribution is -2.01. The van der Waals surface area contributed by atoms with E-state index in [2.05, 4.69) is 59.1 Å². The topological polar surface area (TPSA) is 12.0 Å². The summed E-state index contributed by atoms with van der Waals surface area (Å²) >= 11 is 8.42. The Kier molecular flexibility index (Phi) is 4.29. The van der Waals surface area contributed by atoms with Crippen molar-refractivity contribution in [3.8, 4) is 0 Å². The molecule has 0 aliphatic carbocycles. The Balaban J connectivity index is 2.10. The summed E-state index contributed by atoms with van der Waals surface area (Å²) in [5, 5.41) is 4.13. The van der Waals surface area contributed by atoms with Gasteiger partial charge in [0.2, 0.25) is 0 Å². The van der Waals surface area contributed by atoms with Crippen molar-refractivity contribution < 1.29 is 0 Å². The van der Waals surface area contributed by atoms with Gasteiger partial charge >= 0.3 is 0 Å². The minimum atomic E-state index is 0.769. The van der Waals surface area contributed by atoms with Gasteiger partial charge in [-0.1, -0.05) is 35.9 Å². The molecule has 0 amide bonds. The largest absolute Gasteiger partial charge is 0.380 e. The van der Waals surface area contributed by atoms with Crippen molar-refractivity contribution in [2.45, 2.75) is 13.5 Å². The maximum absolute atomic E-state index is 6.17. The molecule has 0 unspecified atom stereocenters. The maximum atomic E-state index is 6.17. The average molecular weight is 358 g/mol. The van der Waals surface area contributed by atoms with E-state index in [1.165, 1.54) is 11.1 Å². The highest BCUT2D eigenvalue weighted by molar-refractivity contribution is 14.1. The van der Waals surface area contributed by atoms with Crippen molar-refractivity contribution in [2.75, 3.05) is 5.32 Å². The molecule has 17 heavy (non-hydrogen) atoms. The molecule has 2 rings (SSSR count). The van der Waals surface area contributed by atoms with Gasteiger partial charge in [-0.05, 0) is 58.8 Å². The number of hydrogen-bond donors (Lipinski definition) is 1. The summed E-state index contributed by atoms with van der Waals surface area (Å²) in [6.07, 6.45) is 0. The van der Waals surface area contributed by atoms with Crippen LogP contribution in [0.2, 0.25) is 5.02 Å². The third-order valence-corrected chi connectivity index (χ3v) is 3.65. The van der Waals surface area contributed by atoms with Crippen LogP contribution in [0.3, 0.4) is 0 Å². The molecule has 0 aromatic heterocycles. The standard InChI is InChI=1S/C14H13ClIN/c1-10-4-2-3-5-11(10)9-17-14-7-6-12(16)8-13(14)15/h2-8,17H,9H2,1H3. The van der Waals surface area contributed by atoms with E-state index < -0.39 is 0 Å². The fraction of sp³-hybridized carbons (Fsp3) is 0.143. The minimum absolute atomic E-state index is 0.769. The lowest BCUT2D eigenvalue weighted by atomic mass is 10.1. The number of benzene rings is 2. The Hall–Kier alpha value is -0.740. The van der Waals surface area contributed by atoms with Crippen LogP contribution in [-0.2, 0) is 6.54 Å². The first kappa shape index (κ1) is 12.7. The van der Waals surface area contributed by atoms with Crippen molar-refractivity contribution in [1.82, 2.24) is 0 Å². The van der Waals surface area contributed by atoms with Crippen LogP contribution >= 0.6 is 34.2 Å². The zero-order valence-corrected chi connectivity index (χ0v) is 12.4. The monoisotopic (exact) mass is 357 g/mol. The first-order valence-corrected chi connectivity index (χ1v) is 6.86. The molecule has 0 bridgehead atoms. The van der Waals surface area contributed by atoms with Gasteiger partial charge in [0.15, 0.2) is 0 Å². The first-order valence-electron chi connectivity index (χ1n) is 5.40. The second-order valence-electron chi connectivity index (χ2n) is 3.90. The Bertz CT molecular complexity index is 525. The summed E-state index contributed by atoms with van der Waals surface area (Å²) in [5.74, 6) is 0. The quantitative estimate of drug-likeness (QED) is 0.773. The van der Waals surface area contributed by atoms with Crippen molar-refractivity contribution in [2.24, 2.45) is 0 Å². The Morgan fingerprint density at radius 1 is 1.18 bits per heavy atom. The van der Waals surface area contributed by atoms with Gasteiger partial charge < -0.3 is 5.32 Å². The van der Waals surface area contributed by atoms with E-state index in [4.69, 9.17) is 11.6 Å². The van der Waals surface area contributed by atoms with Crippen LogP contribution in [-0.4, -0.2) is 0 Å². The molecule has 0 spiro atoms. The van der Waals surface area contributed by atoms with Gasteiger partial charge in [-0.15, -0.1) is 0 Å². The molecule has 0 aliphatic rings. The summed E-state index contributed by atoms with van der Waals surface area (Å²) in [5.41, 5.74) is 3.57. The molecular weight excluding hydrogens is 345 g/mol. The van der Waals surface area contributed by atoms with Crippen molar-refractivity contribution in [3.05, 3.63) is 62.2 Å². The van der Waals surface area contributed by atoms with Gasteiger partial charge in [0.05, 0.1) is 10.7 Å². The molecule has 0 aliphatic heterocycles. The SMILES string of the molecule is Cc1ccccc1CNc1ccc(I)cc1Cl. The number of nitrogens with one attached hydrogen (secondary N) is 1. The lowest BCUT2D eigenvalue weighted by molar-refractivity contribution is 1.12. The highest BCUT2D eigenvalue weighted by Gasteiger charge is 2.01. The van der Waals surface area contributed by atoms with Gasteiger partial charge in [0.25, 0.3) is 0 Å². The normalized spacial score (nSPS) is 10.3. The number of anilines is 1. The Morgan fingerprint density at radius 3 is 2.65 bits per heavy atom. The van der Waals surface area contributed by atoms with Crippen LogP contribution in [0.15, 0.2) is 42.5 Å². The minimum Gasteiger partial charge on any atom is -0.380 e. The summed E-state index contributed by atoms with van der Waals surface area (Å²) in [4.78, 5) is 0. The number of aryl methyl sites for hydroxylation is 1. The summed E-state index contributed by atoms with van der Waals surface area (Å²) in [6, 6.07) is 14.4. The average Bonchev–Trinajstić information content (AvgIpc) is 2.30. The highest BCUT2D eigenvalue weighted by Crippen LogP contribution is 2.24. The van der Waals surface area contributed by atoms with Crippen LogP contribution in [0.25, 0.3) is 0 Å². The number of halogens is 2. The zero-order valence-electron chi connectivity index (χ0n) is 9.50. The molecule has 1 nitrogen and oxygen atoms in total. The van der Waals surface area contributed by atoms with E-state index in [0.29, 0.717) is 0 Å². The van der Waals surface area contributed by atoms with Gasteiger partial charge in [0.1, 0.15) is 0 Å². The lowest BCUT2D eigenvalue weighted by Gasteiger charge is -2.10. The van der Waals surface area contributed by atoms with E-state index in [1.807, 2.05) is 18.2 Å². The van der Waals surface area contributed by atoms with E-state index in [-0.39, 0.29) is 0 Å². The van der Waals surface area contributed by atoms with Crippen LogP contribution in [0, 0.1) is 10.5 Å². The first-order chi connectivity index (χ1) is 8.16. The third kappa shape index (κ3) is 3.36. The molecule has 0 fully saturated rings. The molecule has 1 N–H and O–H groups in total. The molecule has 0 saturated heterocycles. The highest BCUT2D eigenvalue weighted by atomic mass is 127. The predicted octanol–water partition coefficient (Wildman–Crippen LogP) is 4.87. The van der Waals surface area contributed by atoms with E-state index in [9.17, 15) is 0 Å². The van der Waals surface area contributed by atoms with Gasteiger partial charge in [-0.25, -0.2) is 0 Å². The smallest absolute Gasteiger partial charge is 0.0648 e. The van der Waals surface area contributed by atoms with E-state index >= 15 is 0 Å². The fourth-order valence-corrected chi connectivity index (χ4v) is 2.55. The molecule has 88 valence electrons. The summed E-state index contributed by atoms with van der Waals surface area (Å²) in [7, 11) is 0. The van der Waals surface area contributed by atoms with Gasteiger partial charge in [-0.3, -0.25) is 0 Å². The Labute approximate surface area is 120 Å². The van der Waals surface area contributed by atoms with Crippen LogP contribution in [0.1, 0.15) is 11.1 Å². The molecular formula is C14H13ClIN. The zero-order chi connectivity index (χ0) is 12.3. The predicted molar refractivity (Wildman–Crippen MR) is 82.7 cm³/mol. The third-order valence-electron chi connectivity index (χ3n) is 2.66. The summed E-state index contributed by atoms with van der Waals surface area (Å²) < 4.78 is 1.15. The van der Waals surface area contributed by atoms with Gasteiger partial charge in [-0.2, -0.15) is 0 Å². The molecule has 0 radical (unpaired) electrons. The molecule has 0 heterocycles. The van der Waals surface area contributed by atoms with Crippen LogP contribution in [0.5, 0.6) is 0 Å². The van der Waals surface area contributed by atoms with Gasteiger partial charge in [0, 0.05) is 10.1 Å². The molecule has 0 atom stereocenters. The second-order valence-corrected chi connectivity index (χ2v) is 5.56. The van der Waals surface area contributed by atoms with Crippen molar-refractivity contribution >= 4 is 39.9 Å². The number of rotatable bonds is 3. The Morgan fingerprint density at radius 2 is 1.94 bits per heavy atom. The van der Waals surface area contributed by atoms with E-state index in [1.54, 1.807) is 0 Å². The number of hydrogen-bond acceptors (Lipinski definition) is 1. The second kappa shape index (κ2) is 5.74. The fourth-order valence-electron chi connectivity index (χ4n) is 1.63. The van der Waals surface area contributed by atoms with E-state index in [0.717, 1.165) is 20.8 Å². The van der Waals surface area contributed by atoms with Crippen molar-refractivity contribution in [3.63, 3.8) is 0 Å². The molecule has 0 saturated carbocycles. The molecule has 3 heteroatoms.